The van der Waals surface area contributed by atoms with E-state index in [0.29, 0.717) is 16.9 Å². The van der Waals surface area contributed by atoms with Crippen molar-refractivity contribution in [1.82, 2.24) is 14.7 Å². The number of para-hydroxylation sites is 2. The SMILES string of the molecule is O=C(Nc1ccccc1-n1cccn1)C1CC(=O)N(Cc2cccc(C(F)(F)F)c2)C1. The third-order valence-corrected chi connectivity index (χ3v) is 5.13. The molecule has 0 bridgehead atoms. The van der Waals surface area contributed by atoms with Gasteiger partial charge in [0.15, 0.2) is 0 Å². The number of carbonyl (C=O) groups excluding carboxylic acids is 2. The number of aromatic nitrogens is 2. The molecule has 0 aliphatic carbocycles. The zero-order valence-corrected chi connectivity index (χ0v) is 16.3. The first-order chi connectivity index (χ1) is 14.8. The van der Waals surface area contributed by atoms with Crippen molar-refractivity contribution in [2.45, 2.75) is 19.1 Å². The topological polar surface area (TPSA) is 67.2 Å². The Morgan fingerprint density at radius 2 is 1.94 bits per heavy atom. The summed E-state index contributed by atoms with van der Waals surface area (Å²) in [5.41, 5.74) is 0.848. The summed E-state index contributed by atoms with van der Waals surface area (Å²) in [5.74, 6) is -1.18. The summed E-state index contributed by atoms with van der Waals surface area (Å²) < 4.78 is 40.4. The molecule has 31 heavy (non-hydrogen) atoms. The van der Waals surface area contributed by atoms with Crippen molar-refractivity contribution in [3.05, 3.63) is 78.1 Å². The van der Waals surface area contributed by atoms with Crippen molar-refractivity contribution in [3.63, 3.8) is 0 Å². The molecule has 1 saturated heterocycles. The van der Waals surface area contributed by atoms with Crippen LogP contribution in [0, 0.1) is 5.92 Å². The zero-order valence-electron chi connectivity index (χ0n) is 16.3. The van der Waals surface area contributed by atoms with E-state index >= 15 is 0 Å². The Bertz CT molecular complexity index is 1100. The maximum Gasteiger partial charge on any atom is 0.416 e. The molecule has 1 aromatic heterocycles. The molecule has 0 spiro atoms. The van der Waals surface area contributed by atoms with Crippen molar-refractivity contribution in [1.29, 1.82) is 0 Å². The van der Waals surface area contributed by atoms with Gasteiger partial charge in [0, 0.05) is 31.9 Å². The number of likely N-dealkylation sites (tertiary alicyclic amines) is 1. The zero-order chi connectivity index (χ0) is 22.0. The average Bonchev–Trinajstić information content (AvgIpc) is 3.39. The quantitative estimate of drug-likeness (QED) is 0.671. The normalized spacial score (nSPS) is 16.5. The maximum absolute atomic E-state index is 12.9. The third kappa shape index (κ3) is 4.60. The largest absolute Gasteiger partial charge is 0.416 e. The molecule has 9 heteroatoms. The molecule has 160 valence electrons. The van der Waals surface area contributed by atoms with Gasteiger partial charge in [0.25, 0.3) is 0 Å². The smallest absolute Gasteiger partial charge is 0.338 e. The highest BCUT2D eigenvalue weighted by molar-refractivity contribution is 5.98. The van der Waals surface area contributed by atoms with Gasteiger partial charge in [-0.2, -0.15) is 18.3 Å². The van der Waals surface area contributed by atoms with Crippen molar-refractivity contribution in [3.8, 4) is 5.69 Å². The van der Waals surface area contributed by atoms with Gasteiger partial charge in [-0.25, -0.2) is 4.68 Å². The summed E-state index contributed by atoms with van der Waals surface area (Å²) in [7, 11) is 0. The number of nitrogens with one attached hydrogen (secondary N) is 1. The molecule has 1 unspecified atom stereocenters. The van der Waals surface area contributed by atoms with Crippen molar-refractivity contribution >= 4 is 17.5 Å². The van der Waals surface area contributed by atoms with Crippen LogP contribution in [0.25, 0.3) is 5.69 Å². The monoisotopic (exact) mass is 428 g/mol. The predicted octanol–water partition coefficient (Wildman–Crippen LogP) is 3.88. The molecule has 4 rings (SSSR count). The fourth-order valence-electron chi connectivity index (χ4n) is 3.59. The fraction of sp³-hybridized carbons (Fsp3) is 0.227. The molecule has 6 nitrogen and oxygen atoms in total. The standard InChI is InChI=1S/C22H19F3N4O2/c23-22(24,25)17-6-3-5-15(11-17)13-28-14-16(12-20(28)30)21(31)27-18-7-1-2-8-19(18)29-10-4-9-26-29/h1-11,16H,12-14H2,(H,27,31). The van der Waals surface area contributed by atoms with Crippen LogP contribution in [0.4, 0.5) is 18.9 Å². The van der Waals surface area contributed by atoms with Gasteiger partial charge in [-0.3, -0.25) is 9.59 Å². The number of anilines is 1. The molecule has 0 radical (unpaired) electrons. The molecule has 1 aliphatic rings. The number of benzene rings is 2. The first kappa shape index (κ1) is 20.6. The Labute approximate surface area is 176 Å². The number of rotatable bonds is 5. The van der Waals surface area contributed by atoms with E-state index in [1.54, 1.807) is 35.3 Å². The summed E-state index contributed by atoms with van der Waals surface area (Å²) in [6.07, 6.45) is -1.06. The van der Waals surface area contributed by atoms with Gasteiger partial charge in [-0.15, -0.1) is 0 Å². The summed E-state index contributed by atoms with van der Waals surface area (Å²) in [5, 5.41) is 7.02. The number of amides is 2. The molecule has 1 aliphatic heterocycles. The van der Waals surface area contributed by atoms with E-state index < -0.39 is 17.7 Å². The first-order valence-electron chi connectivity index (χ1n) is 9.65. The highest BCUT2D eigenvalue weighted by Gasteiger charge is 2.35. The Hall–Kier alpha value is -3.62. The number of halogens is 3. The Kier molecular flexibility index (Phi) is 5.50. The summed E-state index contributed by atoms with van der Waals surface area (Å²) in [6.45, 7) is 0.168. The molecular formula is C22H19F3N4O2. The molecule has 1 fully saturated rings. The number of hydrogen-bond acceptors (Lipinski definition) is 3. The minimum absolute atomic E-state index is 0.00866. The lowest BCUT2D eigenvalue weighted by Crippen LogP contribution is -2.28. The van der Waals surface area contributed by atoms with Crippen LogP contribution in [0.1, 0.15) is 17.5 Å². The van der Waals surface area contributed by atoms with Gasteiger partial charge in [-0.05, 0) is 35.9 Å². The minimum Gasteiger partial charge on any atom is -0.338 e. The Balaban J connectivity index is 1.44. The average molecular weight is 428 g/mol. The van der Waals surface area contributed by atoms with Crippen LogP contribution in [-0.2, 0) is 22.3 Å². The van der Waals surface area contributed by atoms with Crippen molar-refractivity contribution < 1.29 is 22.8 Å². The fourth-order valence-corrected chi connectivity index (χ4v) is 3.59. The van der Waals surface area contributed by atoms with Gasteiger partial charge in [-0.1, -0.05) is 24.3 Å². The number of alkyl halides is 3. The lowest BCUT2D eigenvalue weighted by Gasteiger charge is -2.18. The molecule has 1 N–H and O–H groups in total. The first-order valence-corrected chi connectivity index (χ1v) is 9.65. The van der Waals surface area contributed by atoms with Gasteiger partial charge in [0.1, 0.15) is 0 Å². The molecule has 3 aromatic rings. The Morgan fingerprint density at radius 3 is 2.68 bits per heavy atom. The van der Waals surface area contributed by atoms with Gasteiger partial charge < -0.3 is 10.2 Å². The summed E-state index contributed by atoms with van der Waals surface area (Å²) >= 11 is 0. The molecule has 2 heterocycles. The summed E-state index contributed by atoms with van der Waals surface area (Å²) in [4.78, 5) is 26.6. The molecule has 0 saturated carbocycles. The van der Waals surface area contributed by atoms with Crippen LogP contribution in [-0.4, -0.2) is 33.0 Å². The van der Waals surface area contributed by atoms with E-state index in [2.05, 4.69) is 10.4 Å². The minimum atomic E-state index is -4.45. The van der Waals surface area contributed by atoms with Crippen LogP contribution in [0.15, 0.2) is 67.0 Å². The number of nitrogens with zero attached hydrogens (tertiary/aromatic N) is 3. The second-order valence-electron chi connectivity index (χ2n) is 7.33. The molecule has 2 aromatic carbocycles. The molecule has 1 atom stereocenters. The lowest BCUT2D eigenvalue weighted by molar-refractivity contribution is -0.137. The van der Waals surface area contributed by atoms with E-state index in [1.165, 1.54) is 17.0 Å². The highest BCUT2D eigenvalue weighted by atomic mass is 19.4. The van der Waals surface area contributed by atoms with Gasteiger partial charge in [0.05, 0.1) is 22.9 Å². The van der Waals surface area contributed by atoms with E-state index in [1.807, 2.05) is 12.1 Å². The van der Waals surface area contributed by atoms with Crippen molar-refractivity contribution in [2.75, 3.05) is 11.9 Å². The third-order valence-electron chi connectivity index (χ3n) is 5.13. The van der Waals surface area contributed by atoms with E-state index in [4.69, 9.17) is 0 Å². The molecular weight excluding hydrogens is 409 g/mol. The summed E-state index contributed by atoms with van der Waals surface area (Å²) in [6, 6.07) is 13.8. The van der Waals surface area contributed by atoms with Crippen LogP contribution >= 0.6 is 0 Å². The van der Waals surface area contributed by atoms with Crippen LogP contribution in [0.2, 0.25) is 0 Å². The highest BCUT2D eigenvalue weighted by Crippen LogP contribution is 2.30. The van der Waals surface area contributed by atoms with E-state index in [-0.39, 0.29) is 31.3 Å². The van der Waals surface area contributed by atoms with Crippen LogP contribution in [0.5, 0.6) is 0 Å². The Morgan fingerprint density at radius 1 is 1.13 bits per heavy atom. The van der Waals surface area contributed by atoms with Crippen LogP contribution in [0.3, 0.4) is 0 Å². The van der Waals surface area contributed by atoms with Crippen LogP contribution < -0.4 is 5.32 Å². The lowest BCUT2D eigenvalue weighted by atomic mass is 10.1. The van der Waals surface area contributed by atoms with Gasteiger partial charge >= 0.3 is 6.18 Å². The predicted molar refractivity (Wildman–Crippen MR) is 107 cm³/mol. The number of hydrogen-bond donors (Lipinski definition) is 1. The van der Waals surface area contributed by atoms with E-state index in [9.17, 15) is 22.8 Å². The van der Waals surface area contributed by atoms with Crippen molar-refractivity contribution in [2.24, 2.45) is 5.92 Å². The second-order valence-corrected chi connectivity index (χ2v) is 7.33. The van der Waals surface area contributed by atoms with Gasteiger partial charge in [0.2, 0.25) is 11.8 Å². The van der Waals surface area contributed by atoms with E-state index in [0.717, 1.165) is 12.1 Å². The maximum atomic E-state index is 12.9. The second kappa shape index (κ2) is 8.25. The number of carbonyl (C=O) groups is 2. The molecule has 2 amide bonds.